The average Bonchev–Trinajstić information content (AvgIpc) is 2.43. The summed E-state index contributed by atoms with van der Waals surface area (Å²) in [5.41, 5.74) is 1.03. The van der Waals surface area contributed by atoms with Gasteiger partial charge < -0.3 is 10.4 Å². The van der Waals surface area contributed by atoms with Crippen LogP contribution in [0.15, 0.2) is 29.2 Å². The van der Waals surface area contributed by atoms with E-state index in [0.29, 0.717) is 0 Å². The second-order valence-electron chi connectivity index (χ2n) is 6.60. The van der Waals surface area contributed by atoms with Crippen LogP contribution in [-0.4, -0.2) is 33.2 Å². The van der Waals surface area contributed by atoms with Crippen molar-refractivity contribution >= 4 is 10.0 Å². The van der Waals surface area contributed by atoms with Crippen LogP contribution in [0.4, 0.5) is 0 Å². The maximum atomic E-state index is 11.7. The van der Waals surface area contributed by atoms with E-state index >= 15 is 0 Å². The Morgan fingerprint density at radius 1 is 1.18 bits per heavy atom. The van der Waals surface area contributed by atoms with Gasteiger partial charge in [-0.05, 0) is 50.4 Å². The molecule has 5 nitrogen and oxygen atoms in total. The van der Waals surface area contributed by atoms with Crippen LogP contribution in [-0.2, 0) is 10.0 Å². The monoisotopic (exact) mass is 328 g/mol. The lowest BCUT2D eigenvalue weighted by atomic mass is 9.86. The third-order valence-electron chi connectivity index (χ3n) is 3.69. The summed E-state index contributed by atoms with van der Waals surface area (Å²) in [6, 6.07) is 6.98. The van der Waals surface area contributed by atoms with Crippen LogP contribution >= 0.6 is 0 Å². The summed E-state index contributed by atoms with van der Waals surface area (Å²) in [4.78, 5) is 0.264. The highest BCUT2D eigenvalue weighted by molar-refractivity contribution is 7.89. The van der Waals surface area contributed by atoms with E-state index in [1.54, 1.807) is 19.1 Å². The van der Waals surface area contributed by atoms with E-state index in [-0.39, 0.29) is 22.5 Å². The van der Waals surface area contributed by atoms with Crippen LogP contribution < -0.4 is 10.0 Å². The third-order valence-corrected chi connectivity index (χ3v) is 5.12. The van der Waals surface area contributed by atoms with Gasteiger partial charge in [0.2, 0.25) is 10.0 Å². The third kappa shape index (κ3) is 5.68. The number of benzene rings is 1. The van der Waals surface area contributed by atoms with Gasteiger partial charge in [0.15, 0.2) is 0 Å². The summed E-state index contributed by atoms with van der Waals surface area (Å²) in [6.45, 7) is 8.84. The quantitative estimate of drug-likeness (QED) is 0.682. The van der Waals surface area contributed by atoms with Gasteiger partial charge in [0.1, 0.15) is 0 Å². The van der Waals surface area contributed by atoms with Gasteiger partial charge in [-0.3, -0.25) is 0 Å². The van der Waals surface area contributed by atoms with Crippen molar-refractivity contribution in [3.8, 4) is 0 Å². The molecule has 1 rings (SSSR count). The molecule has 0 aromatic heterocycles. The molecular weight excluding hydrogens is 300 g/mol. The van der Waals surface area contributed by atoms with E-state index in [9.17, 15) is 13.5 Å². The summed E-state index contributed by atoms with van der Waals surface area (Å²) in [5, 5.41) is 13.0. The van der Waals surface area contributed by atoms with Gasteiger partial charge in [-0.2, -0.15) is 0 Å². The molecule has 1 aromatic carbocycles. The van der Waals surface area contributed by atoms with E-state index < -0.39 is 10.0 Å². The van der Waals surface area contributed by atoms with Crippen molar-refractivity contribution in [2.24, 2.45) is 5.41 Å². The first-order valence-electron chi connectivity index (χ1n) is 7.52. The van der Waals surface area contributed by atoms with Gasteiger partial charge in [0.25, 0.3) is 0 Å². The topological polar surface area (TPSA) is 78.4 Å². The number of hydrogen-bond donors (Lipinski definition) is 3. The normalized spacial score (nSPS) is 15.5. The van der Waals surface area contributed by atoms with Crippen molar-refractivity contribution in [2.75, 3.05) is 13.6 Å². The minimum Gasteiger partial charge on any atom is -0.393 e. The lowest BCUT2D eigenvalue weighted by Crippen LogP contribution is -2.33. The Morgan fingerprint density at radius 3 is 2.18 bits per heavy atom. The summed E-state index contributed by atoms with van der Waals surface area (Å²) < 4.78 is 25.7. The summed E-state index contributed by atoms with van der Waals surface area (Å²) in [6.07, 6.45) is 0.407. The van der Waals surface area contributed by atoms with Crippen molar-refractivity contribution in [3.63, 3.8) is 0 Å². The van der Waals surface area contributed by atoms with Crippen LogP contribution in [0, 0.1) is 5.41 Å². The predicted molar refractivity (Wildman–Crippen MR) is 89.2 cm³/mol. The summed E-state index contributed by atoms with van der Waals surface area (Å²) in [7, 11) is -1.99. The largest absolute Gasteiger partial charge is 0.393 e. The lowest BCUT2D eigenvalue weighted by molar-refractivity contribution is 0.127. The van der Waals surface area contributed by atoms with Gasteiger partial charge in [0.05, 0.1) is 11.0 Å². The van der Waals surface area contributed by atoms with Gasteiger partial charge in [-0.1, -0.05) is 26.0 Å². The first-order chi connectivity index (χ1) is 10.1. The van der Waals surface area contributed by atoms with E-state index in [2.05, 4.69) is 23.9 Å². The Kier molecular flexibility index (Phi) is 6.55. The van der Waals surface area contributed by atoms with Crippen molar-refractivity contribution in [2.45, 2.75) is 51.2 Å². The molecule has 6 heteroatoms. The average molecular weight is 328 g/mol. The Bertz CT molecular complexity index is 566. The molecule has 0 aliphatic rings. The molecule has 2 atom stereocenters. The highest BCUT2D eigenvalue weighted by atomic mass is 32.2. The molecule has 0 spiro atoms. The van der Waals surface area contributed by atoms with Crippen LogP contribution in [0.3, 0.4) is 0 Å². The van der Waals surface area contributed by atoms with Crippen molar-refractivity contribution in [3.05, 3.63) is 29.8 Å². The molecule has 0 amide bonds. The number of hydrogen-bond acceptors (Lipinski definition) is 4. The zero-order valence-corrected chi connectivity index (χ0v) is 14.9. The highest BCUT2D eigenvalue weighted by Gasteiger charge is 2.21. The smallest absolute Gasteiger partial charge is 0.240 e. The zero-order valence-electron chi connectivity index (χ0n) is 14.1. The van der Waals surface area contributed by atoms with Gasteiger partial charge in [-0.25, -0.2) is 13.1 Å². The van der Waals surface area contributed by atoms with Gasteiger partial charge >= 0.3 is 0 Å². The first kappa shape index (κ1) is 19.1. The molecule has 0 radical (unpaired) electrons. The molecule has 0 aliphatic heterocycles. The van der Waals surface area contributed by atoms with Gasteiger partial charge in [-0.15, -0.1) is 0 Å². The SMILES string of the molecule is CNS(=O)(=O)c1ccc(C(C)NCC(C)(C)CC(C)O)cc1. The zero-order chi connectivity index (χ0) is 17.0. The predicted octanol–water partition coefficient (Wildman–Crippen LogP) is 2.04. The minimum atomic E-state index is -3.39. The van der Waals surface area contributed by atoms with Crippen LogP contribution in [0.25, 0.3) is 0 Å². The van der Waals surface area contributed by atoms with E-state index in [4.69, 9.17) is 0 Å². The summed E-state index contributed by atoms with van der Waals surface area (Å²) in [5.74, 6) is 0. The van der Waals surface area contributed by atoms with Gasteiger partial charge in [0, 0.05) is 12.6 Å². The van der Waals surface area contributed by atoms with Crippen molar-refractivity contribution in [1.29, 1.82) is 0 Å². The molecule has 0 fully saturated rings. The molecule has 0 aliphatic carbocycles. The highest BCUT2D eigenvalue weighted by Crippen LogP contribution is 2.23. The number of aliphatic hydroxyl groups is 1. The van der Waals surface area contributed by atoms with Crippen LogP contribution in [0.2, 0.25) is 0 Å². The number of sulfonamides is 1. The van der Waals surface area contributed by atoms with Crippen LogP contribution in [0.5, 0.6) is 0 Å². The molecular formula is C16H28N2O3S. The van der Waals surface area contributed by atoms with E-state index in [1.807, 2.05) is 19.1 Å². The molecule has 126 valence electrons. The van der Waals surface area contributed by atoms with Crippen molar-refractivity contribution in [1.82, 2.24) is 10.0 Å². The maximum Gasteiger partial charge on any atom is 0.240 e. The number of rotatable bonds is 8. The minimum absolute atomic E-state index is 0.00215. The standard InChI is InChI=1S/C16H28N2O3S/c1-12(19)10-16(3,4)11-18-13(2)14-6-8-15(9-7-14)22(20,21)17-5/h6-9,12-13,17-19H,10-11H2,1-5H3. The van der Waals surface area contributed by atoms with E-state index in [0.717, 1.165) is 18.5 Å². The molecule has 0 bridgehead atoms. The molecule has 1 aromatic rings. The molecule has 0 saturated carbocycles. The fraction of sp³-hybridized carbons (Fsp3) is 0.625. The molecule has 0 heterocycles. The molecule has 22 heavy (non-hydrogen) atoms. The summed E-state index contributed by atoms with van der Waals surface area (Å²) >= 11 is 0. The number of aliphatic hydroxyl groups excluding tert-OH is 1. The fourth-order valence-electron chi connectivity index (χ4n) is 2.47. The fourth-order valence-corrected chi connectivity index (χ4v) is 3.20. The first-order valence-corrected chi connectivity index (χ1v) is 9.01. The Morgan fingerprint density at radius 2 is 1.73 bits per heavy atom. The second-order valence-corrected chi connectivity index (χ2v) is 8.48. The second kappa shape index (κ2) is 7.55. The molecule has 0 saturated heterocycles. The number of nitrogens with one attached hydrogen (secondary N) is 2. The molecule has 2 unspecified atom stereocenters. The Labute approximate surface area is 134 Å². The van der Waals surface area contributed by atoms with E-state index in [1.165, 1.54) is 7.05 Å². The Balaban J connectivity index is 2.69. The lowest BCUT2D eigenvalue weighted by Gasteiger charge is -2.28. The Hall–Kier alpha value is -0.950. The molecule has 3 N–H and O–H groups in total. The maximum absolute atomic E-state index is 11.7. The van der Waals surface area contributed by atoms with Crippen LogP contribution in [0.1, 0.15) is 45.7 Å². The van der Waals surface area contributed by atoms with Crippen molar-refractivity contribution < 1.29 is 13.5 Å².